The van der Waals surface area contributed by atoms with Crippen molar-refractivity contribution in [3.63, 3.8) is 0 Å². The van der Waals surface area contributed by atoms with E-state index in [1.165, 1.54) is 0 Å². The van der Waals surface area contributed by atoms with Crippen molar-refractivity contribution < 1.29 is 14.1 Å². The molecule has 0 bridgehead atoms. The molecule has 3 aromatic carbocycles. The van der Waals surface area contributed by atoms with Crippen LogP contribution in [0.4, 0.5) is 0 Å². The number of rotatable bonds is 7. The highest BCUT2D eigenvalue weighted by Gasteiger charge is 2.21. The minimum absolute atomic E-state index is 0.364. The van der Waals surface area contributed by atoms with Gasteiger partial charge in [0.05, 0.1) is 6.21 Å². The van der Waals surface area contributed by atoms with Crippen molar-refractivity contribution in [3.8, 4) is 17.0 Å². The minimum Gasteiger partial charge on any atom is -0.489 e. The molecular formula is C25H21N3O3. The highest BCUT2D eigenvalue weighted by Crippen LogP contribution is 2.24. The highest BCUT2D eigenvalue weighted by atomic mass is 16.5. The summed E-state index contributed by atoms with van der Waals surface area (Å²) < 4.78 is 11.1. The van der Waals surface area contributed by atoms with Crippen molar-refractivity contribution in [2.75, 3.05) is 0 Å². The smallest absolute Gasteiger partial charge is 0.277 e. The van der Waals surface area contributed by atoms with Crippen molar-refractivity contribution in [2.24, 2.45) is 5.10 Å². The van der Waals surface area contributed by atoms with E-state index < -0.39 is 0 Å². The van der Waals surface area contributed by atoms with E-state index in [1.54, 1.807) is 13.1 Å². The largest absolute Gasteiger partial charge is 0.489 e. The van der Waals surface area contributed by atoms with Crippen LogP contribution in [0.1, 0.15) is 27.2 Å². The number of aromatic nitrogens is 1. The van der Waals surface area contributed by atoms with Crippen LogP contribution < -0.4 is 10.2 Å². The lowest BCUT2D eigenvalue weighted by atomic mass is 10.1. The Morgan fingerprint density at radius 3 is 2.55 bits per heavy atom. The molecule has 0 saturated carbocycles. The lowest BCUT2D eigenvalue weighted by Crippen LogP contribution is -2.18. The topological polar surface area (TPSA) is 76.7 Å². The molecule has 0 saturated heterocycles. The van der Waals surface area contributed by atoms with Crippen molar-refractivity contribution in [3.05, 3.63) is 107 Å². The number of carbonyl (C=O) groups excluding carboxylic acids is 1. The maximum atomic E-state index is 12.7. The number of ether oxygens (including phenoxy) is 1. The van der Waals surface area contributed by atoms with E-state index in [4.69, 9.17) is 9.26 Å². The molecule has 1 N–H and O–H groups in total. The molecule has 0 fully saturated rings. The Hall–Kier alpha value is -4.19. The zero-order valence-corrected chi connectivity index (χ0v) is 17.0. The van der Waals surface area contributed by atoms with E-state index in [0.29, 0.717) is 23.6 Å². The van der Waals surface area contributed by atoms with Gasteiger partial charge < -0.3 is 9.26 Å². The molecule has 0 spiro atoms. The predicted octanol–water partition coefficient (Wildman–Crippen LogP) is 4.99. The van der Waals surface area contributed by atoms with Gasteiger partial charge in [0.15, 0.2) is 0 Å². The lowest BCUT2D eigenvalue weighted by molar-refractivity contribution is 0.0954. The lowest BCUT2D eigenvalue weighted by Gasteiger charge is -2.06. The van der Waals surface area contributed by atoms with Gasteiger partial charge in [-0.2, -0.15) is 5.10 Å². The molecule has 0 aliphatic rings. The van der Waals surface area contributed by atoms with Gasteiger partial charge in [-0.3, -0.25) is 4.79 Å². The van der Waals surface area contributed by atoms with Crippen LogP contribution in [0.15, 0.2) is 94.6 Å². The molecule has 154 valence electrons. The maximum Gasteiger partial charge on any atom is 0.277 e. The third-order valence-corrected chi connectivity index (χ3v) is 4.62. The monoisotopic (exact) mass is 411 g/mol. The summed E-state index contributed by atoms with van der Waals surface area (Å²) in [5, 5.41) is 8.11. The summed E-state index contributed by atoms with van der Waals surface area (Å²) >= 11 is 0. The Labute approximate surface area is 180 Å². The molecule has 0 aliphatic heterocycles. The first-order valence-electron chi connectivity index (χ1n) is 9.82. The third-order valence-electron chi connectivity index (χ3n) is 4.62. The van der Waals surface area contributed by atoms with Gasteiger partial charge in [0.25, 0.3) is 5.91 Å². The Balaban J connectivity index is 1.41. The van der Waals surface area contributed by atoms with Gasteiger partial charge in [-0.1, -0.05) is 78.0 Å². The Bertz CT molecular complexity index is 1190. The summed E-state index contributed by atoms with van der Waals surface area (Å²) in [6.45, 7) is 2.18. The number of aryl methyl sites for hydroxylation is 1. The van der Waals surface area contributed by atoms with Crippen molar-refractivity contribution in [1.82, 2.24) is 10.6 Å². The van der Waals surface area contributed by atoms with Gasteiger partial charge in [-0.15, -0.1) is 0 Å². The van der Waals surface area contributed by atoms with E-state index in [1.807, 2.05) is 84.9 Å². The molecule has 1 aromatic heterocycles. The molecule has 0 unspecified atom stereocenters. The van der Waals surface area contributed by atoms with Crippen LogP contribution in [-0.2, 0) is 6.61 Å². The fourth-order valence-corrected chi connectivity index (χ4v) is 3.08. The van der Waals surface area contributed by atoms with Crippen LogP contribution in [-0.4, -0.2) is 17.3 Å². The van der Waals surface area contributed by atoms with Crippen LogP contribution in [0.5, 0.6) is 5.75 Å². The minimum atomic E-state index is -0.384. The SMILES string of the molecule is Cc1onc(-c2ccccc2)c1C(=O)N/N=C/c1cccc(OCc2ccccc2)c1. The van der Waals surface area contributed by atoms with Gasteiger partial charge in [0.1, 0.15) is 29.4 Å². The molecule has 4 rings (SSSR count). The number of nitrogens with zero attached hydrogens (tertiary/aromatic N) is 2. The molecule has 0 aliphatic carbocycles. The van der Waals surface area contributed by atoms with Crippen LogP contribution in [0.25, 0.3) is 11.3 Å². The summed E-state index contributed by atoms with van der Waals surface area (Å²) in [5.41, 5.74) is 6.10. The molecule has 1 amide bonds. The van der Waals surface area contributed by atoms with Crippen LogP contribution in [0, 0.1) is 6.92 Å². The highest BCUT2D eigenvalue weighted by molar-refractivity contribution is 6.01. The number of carbonyl (C=O) groups is 1. The number of nitrogens with one attached hydrogen (secondary N) is 1. The molecular weight excluding hydrogens is 390 g/mol. The average molecular weight is 411 g/mol. The van der Waals surface area contributed by atoms with Gasteiger partial charge in [0, 0.05) is 5.56 Å². The molecule has 0 radical (unpaired) electrons. The zero-order valence-electron chi connectivity index (χ0n) is 17.0. The predicted molar refractivity (Wildman–Crippen MR) is 119 cm³/mol. The molecule has 6 nitrogen and oxygen atoms in total. The second-order valence-corrected chi connectivity index (χ2v) is 6.87. The van der Waals surface area contributed by atoms with E-state index >= 15 is 0 Å². The first-order chi connectivity index (χ1) is 15.2. The summed E-state index contributed by atoms with van der Waals surface area (Å²) in [4.78, 5) is 12.7. The first kappa shape index (κ1) is 20.1. The van der Waals surface area contributed by atoms with E-state index in [9.17, 15) is 4.79 Å². The molecule has 0 atom stereocenters. The third kappa shape index (κ3) is 5.05. The molecule has 4 aromatic rings. The van der Waals surface area contributed by atoms with Crippen molar-refractivity contribution in [1.29, 1.82) is 0 Å². The fraction of sp³-hybridized carbons (Fsp3) is 0.0800. The Morgan fingerprint density at radius 1 is 1.03 bits per heavy atom. The van der Waals surface area contributed by atoms with Crippen LogP contribution in [0.3, 0.4) is 0 Å². The second-order valence-electron chi connectivity index (χ2n) is 6.87. The van der Waals surface area contributed by atoms with E-state index in [-0.39, 0.29) is 5.91 Å². The maximum absolute atomic E-state index is 12.7. The number of amides is 1. The fourth-order valence-electron chi connectivity index (χ4n) is 3.08. The zero-order chi connectivity index (χ0) is 21.5. The number of hydrogen-bond donors (Lipinski definition) is 1. The number of hydrazone groups is 1. The number of hydrogen-bond acceptors (Lipinski definition) is 5. The van der Waals surface area contributed by atoms with E-state index in [2.05, 4.69) is 15.7 Å². The van der Waals surface area contributed by atoms with E-state index in [0.717, 1.165) is 22.4 Å². The quantitative estimate of drug-likeness (QED) is 0.343. The summed E-state index contributed by atoms with van der Waals surface area (Å²) in [6.07, 6.45) is 1.57. The van der Waals surface area contributed by atoms with Gasteiger partial charge in [-0.25, -0.2) is 5.43 Å². The summed E-state index contributed by atoms with van der Waals surface area (Å²) in [5.74, 6) is 0.772. The molecule has 6 heteroatoms. The van der Waals surface area contributed by atoms with Crippen molar-refractivity contribution in [2.45, 2.75) is 13.5 Å². The van der Waals surface area contributed by atoms with Gasteiger partial charge >= 0.3 is 0 Å². The normalized spacial score (nSPS) is 10.9. The van der Waals surface area contributed by atoms with Crippen LogP contribution >= 0.6 is 0 Å². The average Bonchev–Trinajstić information content (AvgIpc) is 3.21. The molecule has 1 heterocycles. The molecule has 31 heavy (non-hydrogen) atoms. The summed E-state index contributed by atoms with van der Waals surface area (Å²) in [6, 6.07) is 26.9. The Kier molecular flexibility index (Phi) is 6.18. The van der Waals surface area contributed by atoms with Gasteiger partial charge in [0.2, 0.25) is 0 Å². The summed E-state index contributed by atoms with van der Waals surface area (Å²) in [7, 11) is 0. The number of benzene rings is 3. The second kappa shape index (κ2) is 9.54. The standard InChI is InChI=1S/C25H21N3O3/c1-18-23(24(28-31-18)21-12-6-3-7-13-21)25(29)27-26-16-20-11-8-14-22(15-20)30-17-19-9-4-2-5-10-19/h2-16H,17H2,1H3,(H,27,29)/b26-16+. The Morgan fingerprint density at radius 2 is 1.77 bits per heavy atom. The first-order valence-corrected chi connectivity index (χ1v) is 9.82. The van der Waals surface area contributed by atoms with Crippen molar-refractivity contribution >= 4 is 12.1 Å². The van der Waals surface area contributed by atoms with Crippen LogP contribution in [0.2, 0.25) is 0 Å². The van der Waals surface area contributed by atoms with Gasteiger partial charge in [-0.05, 0) is 30.2 Å².